The summed E-state index contributed by atoms with van der Waals surface area (Å²) in [6.45, 7) is 6.99. The summed E-state index contributed by atoms with van der Waals surface area (Å²) in [6, 6.07) is 28.4. The number of piperazine rings is 1. The quantitative estimate of drug-likeness (QED) is 0.446. The van der Waals surface area contributed by atoms with Crippen molar-refractivity contribution in [2.24, 2.45) is 5.92 Å². The molecule has 0 atom stereocenters. The summed E-state index contributed by atoms with van der Waals surface area (Å²) in [7, 11) is 0. The van der Waals surface area contributed by atoms with Gasteiger partial charge in [-0.15, -0.1) is 0 Å². The molecule has 1 amide bonds. The van der Waals surface area contributed by atoms with Crippen LogP contribution in [0.1, 0.15) is 52.2 Å². The average Bonchev–Trinajstić information content (AvgIpc) is 3.68. The van der Waals surface area contributed by atoms with Crippen molar-refractivity contribution in [3.63, 3.8) is 0 Å². The highest BCUT2D eigenvalue weighted by Crippen LogP contribution is 2.34. The lowest BCUT2D eigenvalue weighted by Gasteiger charge is -2.37. The van der Waals surface area contributed by atoms with Crippen molar-refractivity contribution < 1.29 is 4.79 Å². The zero-order valence-electron chi connectivity index (χ0n) is 20.5. The monoisotopic (exact) mass is 465 g/mol. The van der Waals surface area contributed by atoms with Gasteiger partial charge in [0.2, 0.25) is 0 Å². The van der Waals surface area contributed by atoms with Crippen molar-refractivity contribution in [2.75, 3.05) is 44.2 Å². The standard InChI is InChI=1S/C31H35N3O/c35-31-30-21-28(14-13-27(30)23-34(31)22-24-11-12-24)33-19-17-32(18-20-33)16-15-29(25-7-3-1-4-8-25)26-9-5-2-6-10-26/h1-10,13-14,21,24,29H,11-12,15-20,22-23H2. The summed E-state index contributed by atoms with van der Waals surface area (Å²) in [6.07, 6.45) is 3.69. The minimum Gasteiger partial charge on any atom is -0.369 e. The molecular weight excluding hydrogens is 430 g/mol. The molecule has 1 saturated carbocycles. The Balaban J connectivity index is 1.06. The van der Waals surface area contributed by atoms with Gasteiger partial charge in [-0.25, -0.2) is 0 Å². The Bertz CT molecular complexity index is 1110. The maximum absolute atomic E-state index is 12.9. The molecule has 0 radical (unpaired) electrons. The number of benzene rings is 3. The van der Waals surface area contributed by atoms with E-state index in [1.54, 1.807) is 0 Å². The summed E-state index contributed by atoms with van der Waals surface area (Å²) in [5, 5.41) is 0. The molecule has 3 aromatic carbocycles. The van der Waals surface area contributed by atoms with Gasteiger partial charge in [-0.1, -0.05) is 66.7 Å². The summed E-state index contributed by atoms with van der Waals surface area (Å²) >= 11 is 0. The molecule has 1 saturated heterocycles. The molecule has 0 bridgehead atoms. The lowest BCUT2D eigenvalue weighted by atomic mass is 9.88. The van der Waals surface area contributed by atoms with Crippen molar-refractivity contribution in [1.82, 2.24) is 9.80 Å². The third kappa shape index (κ3) is 4.99. The lowest BCUT2D eigenvalue weighted by molar-refractivity contribution is 0.0771. The van der Waals surface area contributed by atoms with Gasteiger partial charge in [-0.05, 0) is 60.5 Å². The Morgan fingerprint density at radius 1 is 0.800 bits per heavy atom. The van der Waals surface area contributed by atoms with E-state index in [0.717, 1.165) is 63.7 Å². The second kappa shape index (κ2) is 9.87. The Kier molecular flexibility index (Phi) is 6.30. The first-order chi connectivity index (χ1) is 17.2. The van der Waals surface area contributed by atoms with E-state index >= 15 is 0 Å². The van der Waals surface area contributed by atoms with Crippen molar-refractivity contribution in [2.45, 2.75) is 31.7 Å². The maximum Gasteiger partial charge on any atom is 0.254 e. The molecule has 180 valence electrons. The number of hydrogen-bond donors (Lipinski definition) is 0. The van der Waals surface area contributed by atoms with Crippen LogP contribution in [0.4, 0.5) is 5.69 Å². The molecule has 2 fully saturated rings. The van der Waals surface area contributed by atoms with Crippen LogP contribution >= 0.6 is 0 Å². The lowest BCUT2D eigenvalue weighted by Crippen LogP contribution is -2.46. The van der Waals surface area contributed by atoms with E-state index in [0.29, 0.717) is 5.92 Å². The SMILES string of the molecule is O=C1c2cc(N3CCN(CCC(c4ccccc4)c4ccccc4)CC3)ccc2CN1CC1CC1. The Morgan fingerprint density at radius 2 is 1.46 bits per heavy atom. The van der Waals surface area contributed by atoms with Gasteiger partial charge in [0.15, 0.2) is 0 Å². The number of carbonyl (C=O) groups excluding carboxylic acids is 1. The topological polar surface area (TPSA) is 26.8 Å². The van der Waals surface area contributed by atoms with Gasteiger partial charge >= 0.3 is 0 Å². The fourth-order valence-corrected chi connectivity index (χ4v) is 5.74. The van der Waals surface area contributed by atoms with Crippen LogP contribution in [0.2, 0.25) is 0 Å². The fraction of sp³-hybridized carbons (Fsp3) is 0.387. The van der Waals surface area contributed by atoms with Crippen molar-refractivity contribution in [1.29, 1.82) is 0 Å². The number of amides is 1. The number of anilines is 1. The normalized spacial score (nSPS) is 18.4. The van der Waals surface area contributed by atoms with Gasteiger partial charge in [-0.3, -0.25) is 9.69 Å². The fourth-order valence-electron chi connectivity index (χ4n) is 5.74. The third-order valence-corrected chi connectivity index (χ3v) is 8.02. The van der Waals surface area contributed by atoms with Gasteiger partial charge in [-0.2, -0.15) is 0 Å². The highest BCUT2D eigenvalue weighted by atomic mass is 16.2. The largest absolute Gasteiger partial charge is 0.369 e. The Hall–Kier alpha value is -3.11. The number of fused-ring (bicyclic) bond motifs is 1. The summed E-state index contributed by atoms with van der Waals surface area (Å²) in [5.41, 5.74) is 6.13. The van der Waals surface area contributed by atoms with E-state index in [9.17, 15) is 4.79 Å². The summed E-state index contributed by atoms with van der Waals surface area (Å²) < 4.78 is 0. The van der Waals surface area contributed by atoms with Crippen LogP contribution in [-0.4, -0.2) is 55.0 Å². The van der Waals surface area contributed by atoms with Crippen molar-refractivity contribution >= 4 is 11.6 Å². The highest BCUT2D eigenvalue weighted by molar-refractivity contribution is 5.99. The van der Waals surface area contributed by atoms with Gasteiger partial charge in [0.25, 0.3) is 5.91 Å². The van der Waals surface area contributed by atoms with Gasteiger partial charge < -0.3 is 9.80 Å². The second-order valence-corrected chi connectivity index (χ2v) is 10.5. The van der Waals surface area contributed by atoms with Gasteiger partial charge in [0.05, 0.1) is 0 Å². The molecule has 6 rings (SSSR count). The van der Waals surface area contributed by atoms with E-state index < -0.39 is 0 Å². The number of hydrogen-bond acceptors (Lipinski definition) is 3. The first-order valence-electron chi connectivity index (χ1n) is 13.2. The third-order valence-electron chi connectivity index (χ3n) is 8.02. The minimum atomic E-state index is 0.236. The molecule has 0 N–H and O–H groups in total. The summed E-state index contributed by atoms with van der Waals surface area (Å²) in [5.74, 6) is 1.40. The molecule has 35 heavy (non-hydrogen) atoms. The van der Waals surface area contributed by atoms with E-state index in [2.05, 4.69) is 93.6 Å². The van der Waals surface area contributed by atoms with Crippen LogP contribution in [-0.2, 0) is 6.54 Å². The molecule has 1 aliphatic carbocycles. The van der Waals surface area contributed by atoms with Crippen LogP contribution < -0.4 is 4.90 Å². The first kappa shape index (κ1) is 22.4. The zero-order valence-corrected chi connectivity index (χ0v) is 20.5. The van der Waals surface area contributed by atoms with Crippen molar-refractivity contribution in [3.8, 4) is 0 Å². The smallest absolute Gasteiger partial charge is 0.254 e. The van der Waals surface area contributed by atoms with E-state index in [4.69, 9.17) is 0 Å². The van der Waals surface area contributed by atoms with E-state index in [-0.39, 0.29) is 5.91 Å². The van der Waals surface area contributed by atoms with Crippen LogP contribution in [0.25, 0.3) is 0 Å². The highest BCUT2D eigenvalue weighted by Gasteiger charge is 2.33. The Morgan fingerprint density at radius 3 is 2.09 bits per heavy atom. The average molecular weight is 466 g/mol. The van der Waals surface area contributed by atoms with E-state index in [1.165, 1.54) is 35.2 Å². The number of carbonyl (C=O) groups is 1. The second-order valence-electron chi connectivity index (χ2n) is 10.5. The van der Waals surface area contributed by atoms with Crippen LogP contribution in [0, 0.1) is 5.92 Å². The molecular formula is C31H35N3O. The predicted molar refractivity (Wildman–Crippen MR) is 142 cm³/mol. The first-order valence-corrected chi connectivity index (χ1v) is 13.2. The molecule has 4 heteroatoms. The predicted octanol–water partition coefficient (Wildman–Crippen LogP) is 5.40. The van der Waals surface area contributed by atoms with Gasteiger partial charge in [0.1, 0.15) is 0 Å². The minimum absolute atomic E-state index is 0.236. The zero-order chi connectivity index (χ0) is 23.6. The Labute approximate surface area is 209 Å². The van der Waals surface area contributed by atoms with Crippen molar-refractivity contribution in [3.05, 3.63) is 101 Å². The molecule has 4 nitrogen and oxygen atoms in total. The van der Waals surface area contributed by atoms with Crippen LogP contribution in [0.15, 0.2) is 78.9 Å². The van der Waals surface area contributed by atoms with Crippen LogP contribution in [0.5, 0.6) is 0 Å². The van der Waals surface area contributed by atoms with Gasteiger partial charge in [0, 0.05) is 56.4 Å². The van der Waals surface area contributed by atoms with E-state index in [1.807, 2.05) is 0 Å². The maximum atomic E-state index is 12.9. The molecule has 0 aromatic heterocycles. The molecule has 3 aromatic rings. The number of nitrogens with zero attached hydrogens (tertiary/aromatic N) is 3. The molecule has 0 spiro atoms. The molecule has 0 unspecified atom stereocenters. The summed E-state index contributed by atoms with van der Waals surface area (Å²) in [4.78, 5) is 20.0. The molecule has 3 aliphatic rings. The van der Waals surface area contributed by atoms with Crippen LogP contribution in [0.3, 0.4) is 0 Å². The number of rotatable bonds is 8. The molecule has 2 heterocycles. The molecule has 2 aliphatic heterocycles.